The molecule has 0 saturated heterocycles. The number of amides is 2. The van der Waals surface area contributed by atoms with Crippen molar-refractivity contribution in [2.45, 2.75) is 0 Å². The Labute approximate surface area is 159 Å². The van der Waals surface area contributed by atoms with Gasteiger partial charge in [0.05, 0.1) is 6.26 Å². The SMILES string of the molecule is CS(=O)(=O)Nc1ccc(C(=O)NNC(=O)COc2cccc(Br)c2)cc1. The average Bonchev–Trinajstić information content (AvgIpc) is 2.57. The summed E-state index contributed by atoms with van der Waals surface area (Å²) in [7, 11) is -3.39. The van der Waals surface area contributed by atoms with Crippen LogP contribution in [0.2, 0.25) is 0 Å². The van der Waals surface area contributed by atoms with E-state index in [-0.39, 0.29) is 12.2 Å². The Morgan fingerprint density at radius 1 is 1.08 bits per heavy atom. The highest BCUT2D eigenvalue weighted by Crippen LogP contribution is 2.17. The van der Waals surface area contributed by atoms with Gasteiger partial charge in [-0.2, -0.15) is 0 Å². The molecule has 0 unspecified atom stereocenters. The van der Waals surface area contributed by atoms with Crippen molar-refractivity contribution in [2.24, 2.45) is 0 Å². The van der Waals surface area contributed by atoms with Crippen molar-refractivity contribution in [3.8, 4) is 5.75 Å². The molecular weight excluding hydrogens is 426 g/mol. The fraction of sp³-hybridized carbons (Fsp3) is 0.125. The van der Waals surface area contributed by atoms with E-state index < -0.39 is 21.8 Å². The van der Waals surface area contributed by atoms with Crippen LogP contribution in [0.3, 0.4) is 0 Å². The van der Waals surface area contributed by atoms with Crippen LogP contribution in [0.5, 0.6) is 5.75 Å². The van der Waals surface area contributed by atoms with Gasteiger partial charge in [0.2, 0.25) is 10.0 Å². The number of carbonyl (C=O) groups is 2. The number of carbonyl (C=O) groups excluding carboxylic acids is 2. The summed E-state index contributed by atoms with van der Waals surface area (Å²) in [6.45, 7) is -0.270. The third-order valence-corrected chi connectivity index (χ3v) is 4.03. The van der Waals surface area contributed by atoms with Crippen molar-refractivity contribution in [2.75, 3.05) is 17.6 Å². The zero-order valence-corrected chi connectivity index (χ0v) is 16.1. The van der Waals surface area contributed by atoms with Gasteiger partial charge in [-0.1, -0.05) is 22.0 Å². The maximum absolute atomic E-state index is 12.0. The van der Waals surface area contributed by atoms with E-state index in [0.717, 1.165) is 10.7 Å². The zero-order valence-electron chi connectivity index (χ0n) is 13.7. The van der Waals surface area contributed by atoms with Gasteiger partial charge in [0, 0.05) is 15.7 Å². The molecular formula is C16H16BrN3O5S. The van der Waals surface area contributed by atoms with Gasteiger partial charge >= 0.3 is 0 Å². The quantitative estimate of drug-likeness (QED) is 0.589. The van der Waals surface area contributed by atoms with Crippen molar-refractivity contribution >= 4 is 43.5 Å². The molecule has 0 saturated carbocycles. The molecule has 3 N–H and O–H groups in total. The lowest BCUT2D eigenvalue weighted by atomic mass is 10.2. The monoisotopic (exact) mass is 441 g/mol. The number of sulfonamides is 1. The third kappa shape index (κ3) is 6.73. The molecule has 0 spiro atoms. The number of hydrogen-bond acceptors (Lipinski definition) is 5. The summed E-state index contributed by atoms with van der Waals surface area (Å²) in [4.78, 5) is 23.7. The fourth-order valence-corrected chi connectivity index (χ4v) is 2.79. The normalized spacial score (nSPS) is 10.7. The molecule has 0 aromatic heterocycles. The molecule has 0 bridgehead atoms. The predicted molar refractivity (Wildman–Crippen MR) is 100 cm³/mol. The van der Waals surface area contributed by atoms with Crippen LogP contribution < -0.4 is 20.3 Å². The van der Waals surface area contributed by atoms with E-state index in [1.165, 1.54) is 24.3 Å². The first-order valence-electron chi connectivity index (χ1n) is 7.28. The Balaban J connectivity index is 1.81. The summed E-state index contributed by atoms with van der Waals surface area (Å²) in [5, 5.41) is 0. The summed E-state index contributed by atoms with van der Waals surface area (Å²) in [6.07, 6.45) is 1.03. The minimum atomic E-state index is -3.39. The predicted octanol–water partition coefficient (Wildman–Crippen LogP) is 1.66. The second-order valence-corrected chi connectivity index (χ2v) is 7.86. The van der Waals surface area contributed by atoms with Gasteiger partial charge < -0.3 is 4.74 Å². The number of nitrogens with one attached hydrogen (secondary N) is 3. The van der Waals surface area contributed by atoms with E-state index in [2.05, 4.69) is 31.5 Å². The van der Waals surface area contributed by atoms with Crippen molar-refractivity contribution in [3.63, 3.8) is 0 Å². The van der Waals surface area contributed by atoms with E-state index in [1.54, 1.807) is 18.2 Å². The van der Waals surface area contributed by atoms with Crippen molar-refractivity contribution in [3.05, 3.63) is 58.6 Å². The van der Waals surface area contributed by atoms with Gasteiger partial charge in [-0.25, -0.2) is 8.42 Å². The van der Waals surface area contributed by atoms with Crippen LogP contribution in [0.25, 0.3) is 0 Å². The Hall–Kier alpha value is -2.59. The lowest BCUT2D eigenvalue weighted by Gasteiger charge is -2.09. The first-order valence-corrected chi connectivity index (χ1v) is 9.97. The van der Waals surface area contributed by atoms with Crippen LogP contribution in [0.4, 0.5) is 5.69 Å². The summed E-state index contributed by atoms with van der Waals surface area (Å²) < 4.78 is 30.6. The van der Waals surface area contributed by atoms with E-state index in [0.29, 0.717) is 11.4 Å². The summed E-state index contributed by atoms with van der Waals surface area (Å²) in [5.41, 5.74) is 5.06. The van der Waals surface area contributed by atoms with Gasteiger partial charge in [0.25, 0.3) is 11.8 Å². The van der Waals surface area contributed by atoms with Crippen LogP contribution in [-0.4, -0.2) is 33.1 Å². The molecule has 0 aliphatic carbocycles. The maximum Gasteiger partial charge on any atom is 0.276 e. The molecule has 0 atom stereocenters. The minimum absolute atomic E-state index is 0.247. The molecule has 26 heavy (non-hydrogen) atoms. The second-order valence-electron chi connectivity index (χ2n) is 5.20. The van der Waals surface area contributed by atoms with Crippen molar-refractivity contribution in [1.29, 1.82) is 0 Å². The second kappa shape index (κ2) is 8.68. The smallest absolute Gasteiger partial charge is 0.276 e. The number of hydrogen-bond donors (Lipinski definition) is 3. The first-order chi connectivity index (χ1) is 12.2. The van der Waals surface area contributed by atoms with Gasteiger partial charge in [0.15, 0.2) is 6.61 Å². The molecule has 2 amide bonds. The van der Waals surface area contributed by atoms with Gasteiger partial charge in [-0.3, -0.25) is 25.2 Å². The first kappa shape index (κ1) is 19.7. The number of ether oxygens (including phenoxy) is 1. The average molecular weight is 442 g/mol. The number of rotatable bonds is 6. The molecule has 2 aromatic rings. The minimum Gasteiger partial charge on any atom is -0.484 e. The summed E-state index contributed by atoms with van der Waals surface area (Å²) in [5.74, 6) is -0.574. The summed E-state index contributed by atoms with van der Waals surface area (Å²) in [6, 6.07) is 12.7. The number of hydrazine groups is 1. The fourth-order valence-electron chi connectivity index (χ4n) is 1.84. The van der Waals surface area contributed by atoms with Crippen molar-refractivity contribution in [1.82, 2.24) is 10.9 Å². The lowest BCUT2D eigenvalue weighted by molar-refractivity contribution is -0.123. The van der Waals surface area contributed by atoms with Crippen LogP contribution >= 0.6 is 15.9 Å². The lowest BCUT2D eigenvalue weighted by Crippen LogP contribution is -2.43. The Morgan fingerprint density at radius 2 is 1.77 bits per heavy atom. The highest BCUT2D eigenvalue weighted by molar-refractivity contribution is 9.10. The molecule has 0 aliphatic rings. The molecule has 0 fully saturated rings. The van der Waals surface area contributed by atoms with E-state index in [1.807, 2.05) is 6.07 Å². The van der Waals surface area contributed by atoms with Crippen molar-refractivity contribution < 1.29 is 22.7 Å². The Morgan fingerprint density at radius 3 is 2.38 bits per heavy atom. The number of halogens is 1. The van der Waals surface area contributed by atoms with Crippen LogP contribution in [0, 0.1) is 0 Å². The third-order valence-electron chi connectivity index (χ3n) is 2.93. The topological polar surface area (TPSA) is 114 Å². The largest absolute Gasteiger partial charge is 0.484 e. The van der Waals surface area contributed by atoms with Gasteiger partial charge in [0.1, 0.15) is 5.75 Å². The summed E-state index contributed by atoms with van der Waals surface area (Å²) >= 11 is 3.29. The molecule has 138 valence electrons. The molecule has 8 nitrogen and oxygen atoms in total. The molecule has 10 heteroatoms. The number of anilines is 1. The highest BCUT2D eigenvalue weighted by Gasteiger charge is 2.09. The van der Waals surface area contributed by atoms with E-state index in [4.69, 9.17) is 4.74 Å². The molecule has 0 radical (unpaired) electrons. The Kier molecular flexibility index (Phi) is 6.58. The van der Waals surface area contributed by atoms with E-state index >= 15 is 0 Å². The van der Waals surface area contributed by atoms with Crippen LogP contribution in [0.1, 0.15) is 10.4 Å². The molecule has 0 heterocycles. The zero-order chi connectivity index (χ0) is 19.2. The highest BCUT2D eigenvalue weighted by atomic mass is 79.9. The molecule has 2 aromatic carbocycles. The molecule has 0 aliphatic heterocycles. The van der Waals surface area contributed by atoms with Crippen LogP contribution in [0.15, 0.2) is 53.0 Å². The Bertz CT molecular complexity index is 900. The van der Waals surface area contributed by atoms with E-state index in [9.17, 15) is 18.0 Å². The van der Waals surface area contributed by atoms with Gasteiger partial charge in [-0.05, 0) is 42.5 Å². The maximum atomic E-state index is 12.0. The van der Waals surface area contributed by atoms with Crippen LogP contribution in [-0.2, 0) is 14.8 Å². The van der Waals surface area contributed by atoms with Gasteiger partial charge in [-0.15, -0.1) is 0 Å². The number of benzene rings is 2. The molecule has 2 rings (SSSR count). The standard InChI is InChI=1S/C16H16BrN3O5S/c1-26(23,24)20-13-7-5-11(6-8-13)16(22)19-18-15(21)10-25-14-4-2-3-12(17)9-14/h2-9,20H,10H2,1H3,(H,18,21)(H,19,22).